The van der Waals surface area contributed by atoms with Crippen molar-refractivity contribution in [3.63, 3.8) is 0 Å². The van der Waals surface area contributed by atoms with E-state index in [1.807, 2.05) is 36.4 Å². The Morgan fingerprint density at radius 3 is 2.28 bits per heavy atom. The van der Waals surface area contributed by atoms with Crippen molar-refractivity contribution in [1.29, 1.82) is 0 Å². The van der Waals surface area contributed by atoms with Crippen LogP contribution in [0.1, 0.15) is 80.1 Å². The number of rotatable bonds is 11. The quantitative estimate of drug-likeness (QED) is 0.223. The van der Waals surface area contributed by atoms with Crippen LogP contribution < -0.4 is 10.6 Å². The highest BCUT2D eigenvalue weighted by Crippen LogP contribution is 2.39. The van der Waals surface area contributed by atoms with Gasteiger partial charge in [0, 0.05) is 25.1 Å². The average molecular weight is 630 g/mol. The molecule has 2 aliphatic rings. The van der Waals surface area contributed by atoms with Gasteiger partial charge in [-0.2, -0.15) is 0 Å². The van der Waals surface area contributed by atoms with Crippen LogP contribution in [0.2, 0.25) is 0 Å². The lowest BCUT2D eigenvalue weighted by atomic mass is 9.97. The number of carbonyl (C=O) groups excluding carboxylic acids is 2. The minimum atomic E-state index is -0.509. The van der Waals surface area contributed by atoms with Crippen LogP contribution in [-0.4, -0.2) is 60.9 Å². The number of urea groups is 1. The molecule has 0 aliphatic carbocycles. The van der Waals surface area contributed by atoms with E-state index in [1.165, 1.54) is 32.1 Å². The SMILES string of the molecule is CCOC(=O)CNC(=O)NCc1ccccc1-c1ccc([C@@H]2O[C@H](CN3CCCCCCC3)C[C@H](c3ccc(CO)cc3)O2)cc1. The third-order valence-corrected chi connectivity index (χ3v) is 8.67. The van der Waals surface area contributed by atoms with E-state index >= 15 is 0 Å². The number of hydrogen-bond acceptors (Lipinski definition) is 7. The van der Waals surface area contributed by atoms with E-state index in [0.29, 0.717) is 6.54 Å². The van der Waals surface area contributed by atoms with Crippen molar-refractivity contribution < 1.29 is 28.9 Å². The molecule has 46 heavy (non-hydrogen) atoms. The number of hydrogen-bond donors (Lipinski definition) is 3. The topological polar surface area (TPSA) is 109 Å². The van der Waals surface area contributed by atoms with Gasteiger partial charge in [-0.3, -0.25) is 4.79 Å². The zero-order chi connectivity index (χ0) is 32.1. The lowest BCUT2D eigenvalue weighted by Crippen LogP contribution is -2.40. The van der Waals surface area contributed by atoms with Gasteiger partial charge in [0.1, 0.15) is 6.54 Å². The second-order valence-electron chi connectivity index (χ2n) is 12.0. The summed E-state index contributed by atoms with van der Waals surface area (Å²) in [7, 11) is 0. The molecule has 0 unspecified atom stereocenters. The highest BCUT2D eigenvalue weighted by atomic mass is 16.7. The fourth-order valence-electron chi connectivity index (χ4n) is 6.19. The maximum Gasteiger partial charge on any atom is 0.325 e. The molecule has 0 aromatic heterocycles. The molecule has 3 aromatic carbocycles. The lowest BCUT2D eigenvalue weighted by Gasteiger charge is -2.39. The molecule has 0 spiro atoms. The first-order valence-electron chi connectivity index (χ1n) is 16.6. The summed E-state index contributed by atoms with van der Waals surface area (Å²) in [6.07, 6.45) is 6.56. The Hall–Kier alpha value is -3.76. The summed E-state index contributed by atoms with van der Waals surface area (Å²) in [5, 5.41) is 14.9. The summed E-state index contributed by atoms with van der Waals surface area (Å²) in [5.41, 5.74) is 5.89. The summed E-state index contributed by atoms with van der Waals surface area (Å²) >= 11 is 0. The minimum absolute atomic E-state index is 0.0172. The van der Waals surface area contributed by atoms with Crippen molar-refractivity contribution in [2.45, 2.75) is 77.1 Å². The van der Waals surface area contributed by atoms with Gasteiger partial charge in [0.2, 0.25) is 0 Å². The standard InChI is InChI=1S/C37H47N3O6/c1-2-44-35(42)24-39-37(43)38-23-31-10-6-7-11-33(31)28-16-18-30(19-17-28)36-45-32(25-40-20-8-4-3-5-9-21-40)22-34(46-36)29-14-12-27(26-41)13-15-29/h6-7,10-19,32,34,36,41H,2-5,8-9,20-26H2,1H3,(H2,38,39,43)/t32-,34+,36+/m0/s1. The van der Waals surface area contributed by atoms with Crippen molar-refractivity contribution in [2.75, 3.05) is 32.8 Å². The van der Waals surface area contributed by atoms with Gasteiger partial charge >= 0.3 is 12.0 Å². The number of ether oxygens (including phenoxy) is 3. The Bertz CT molecular complexity index is 1390. The molecule has 2 saturated heterocycles. The first-order valence-corrected chi connectivity index (χ1v) is 16.6. The molecule has 246 valence electrons. The van der Waals surface area contributed by atoms with E-state index in [4.69, 9.17) is 14.2 Å². The van der Waals surface area contributed by atoms with Gasteiger partial charge in [-0.25, -0.2) is 4.79 Å². The van der Waals surface area contributed by atoms with Crippen LogP contribution >= 0.6 is 0 Å². The van der Waals surface area contributed by atoms with Crippen molar-refractivity contribution in [3.05, 3.63) is 95.1 Å². The van der Waals surface area contributed by atoms with E-state index in [2.05, 4.69) is 51.9 Å². The molecule has 3 aromatic rings. The van der Waals surface area contributed by atoms with E-state index in [0.717, 1.165) is 59.4 Å². The van der Waals surface area contributed by atoms with Gasteiger partial charge in [-0.05, 0) is 60.7 Å². The minimum Gasteiger partial charge on any atom is -0.465 e. The molecule has 2 fully saturated rings. The predicted molar refractivity (Wildman–Crippen MR) is 177 cm³/mol. The smallest absolute Gasteiger partial charge is 0.325 e. The first-order chi connectivity index (χ1) is 22.5. The summed E-state index contributed by atoms with van der Waals surface area (Å²) in [6.45, 7) is 5.24. The normalized spacial score (nSPS) is 20.7. The Morgan fingerprint density at radius 2 is 1.57 bits per heavy atom. The number of nitrogens with one attached hydrogen (secondary N) is 2. The largest absolute Gasteiger partial charge is 0.465 e. The molecule has 9 heteroatoms. The summed E-state index contributed by atoms with van der Waals surface area (Å²) < 4.78 is 18.1. The van der Waals surface area contributed by atoms with Crippen LogP contribution in [0.25, 0.3) is 11.1 Å². The maximum absolute atomic E-state index is 12.3. The number of carbonyl (C=O) groups is 2. The number of esters is 1. The Morgan fingerprint density at radius 1 is 0.870 bits per heavy atom. The zero-order valence-electron chi connectivity index (χ0n) is 26.8. The molecule has 2 amide bonds. The van der Waals surface area contributed by atoms with Gasteiger partial charge < -0.3 is 34.9 Å². The number of nitrogens with zero attached hydrogens (tertiary/aromatic N) is 1. The third-order valence-electron chi connectivity index (χ3n) is 8.67. The number of aliphatic hydroxyl groups excluding tert-OH is 1. The van der Waals surface area contributed by atoms with E-state index in [9.17, 15) is 14.7 Å². The molecule has 5 rings (SSSR count). The van der Waals surface area contributed by atoms with Crippen LogP contribution in [0.3, 0.4) is 0 Å². The number of amides is 2. The zero-order valence-corrected chi connectivity index (χ0v) is 26.8. The van der Waals surface area contributed by atoms with E-state index in [-0.39, 0.29) is 32.0 Å². The highest BCUT2D eigenvalue weighted by molar-refractivity contribution is 5.81. The lowest BCUT2D eigenvalue weighted by molar-refractivity contribution is -0.253. The van der Waals surface area contributed by atoms with Crippen molar-refractivity contribution in [2.24, 2.45) is 0 Å². The molecular weight excluding hydrogens is 582 g/mol. The maximum atomic E-state index is 12.3. The fourth-order valence-corrected chi connectivity index (χ4v) is 6.19. The van der Waals surface area contributed by atoms with Crippen LogP contribution in [0.5, 0.6) is 0 Å². The first kappa shape index (κ1) is 33.6. The Balaban J connectivity index is 1.28. The summed E-state index contributed by atoms with van der Waals surface area (Å²) in [4.78, 5) is 26.4. The van der Waals surface area contributed by atoms with Gasteiger partial charge in [0.05, 0.1) is 25.4 Å². The van der Waals surface area contributed by atoms with Crippen LogP contribution in [0, 0.1) is 0 Å². The van der Waals surface area contributed by atoms with Gasteiger partial charge in [-0.15, -0.1) is 0 Å². The van der Waals surface area contributed by atoms with Crippen LogP contribution in [0.4, 0.5) is 4.79 Å². The second kappa shape index (κ2) is 17.2. The van der Waals surface area contributed by atoms with Gasteiger partial charge in [0.15, 0.2) is 6.29 Å². The molecule has 2 aliphatic heterocycles. The van der Waals surface area contributed by atoms with E-state index in [1.54, 1.807) is 6.92 Å². The monoisotopic (exact) mass is 629 g/mol. The van der Waals surface area contributed by atoms with Crippen molar-refractivity contribution in [1.82, 2.24) is 15.5 Å². The van der Waals surface area contributed by atoms with Gasteiger partial charge in [-0.1, -0.05) is 92.1 Å². The molecule has 0 saturated carbocycles. The Labute approximate surface area is 272 Å². The highest BCUT2D eigenvalue weighted by Gasteiger charge is 2.33. The molecule has 0 bridgehead atoms. The van der Waals surface area contributed by atoms with E-state index < -0.39 is 18.3 Å². The molecular formula is C37H47N3O6. The van der Waals surface area contributed by atoms with Crippen molar-refractivity contribution >= 4 is 12.0 Å². The number of likely N-dealkylation sites (tertiary alicyclic amines) is 1. The summed E-state index contributed by atoms with van der Waals surface area (Å²) in [6, 6.07) is 23.8. The van der Waals surface area contributed by atoms with Crippen LogP contribution in [-0.2, 0) is 32.2 Å². The fraction of sp³-hybridized carbons (Fsp3) is 0.459. The van der Waals surface area contributed by atoms with Crippen molar-refractivity contribution in [3.8, 4) is 11.1 Å². The molecule has 9 nitrogen and oxygen atoms in total. The Kier molecular flexibility index (Phi) is 12.6. The second-order valence-corrected chi connectivity index (χ2v) is 12.0. The molecule has 3 N–H and O–H groups in total. The predicted octanol–water partition coefficient (Wildman–Crippen LogP) is 6.02. The number of benzene rings is 3. The molecule has 0 radical (unpaired) electrons. The average Bonchev–Trinajstić information content (AvgIpc) is 3.08. The molecule has 3 atom stereocenters. The van der Waals surface area contributed by atoms with Crippen LogP contribution in [0.15, 0.2) is 72.8 Å². The molecule has 2 heterocycles. The van der Waals surface area contributed by atoms with Gasteiger partial charge in [0.25, 0.3) is 0 Å². The third kappa shape index (κ3) is 9.62. The number of aliphatic hydroxyl groups is 1. The summed E-state index contributed by atoms with van der Waals surface area (Å²) in [5.74, 6) is -0.473.